The molecule has 21 heavy (non-hydrogen) atoms. The van der Waals surface area contributed by atoms with E-state index in [1.54, 1.807) is 24.3 Å². The second kappa shape index (κ2) is 5.63. The molecule has 0 N–H and O–H groups in total. The van der Waals surface area contributed by atoms with Gasteiger partial charge >= 0.3 is 0 Å². The third-order valence-corrected chi connectivity index (χ3v) is 3.13. The predicted octanol–water partition coefficient (Wildman–Crippen LogP) is 2.52. The van der Waals surface area contributed by atoms with Gasteiger partial charge in [-0.05, 0) is 17.7 Å². The maximum absolute atomic E-state index is 12.2. The van der Waals surface area contributed by atoms with Gasteiger partial charge in [0, 0.05) is 0 Å². The number of hydrogen-bond donors (Lipinski definition) is 0. The molecule has 0 aliphatic carbocycles. The number of imide groups is 1. The Balaban J connectivity index is 1.73. The summed E-state index contributed by atoms with van der Waals surface area (Å²) in [5, 5.41) is 0. The predicted molar refractivity (Wildman–Crippen MR) is 77.2 cm³/mol. The lowest BCUT2D eigenvalue weighted by Gasteiger charge is -2.14. The molecule has 0 bridgehead atoms. The van der Waals surface area contributed by atoms with Crippen LogP contribution in [-0.4, -0.2) is 16.7 Å². The highest BCUT2D eigenvalue weighted by Crippen LogP contribution is 2.20. The molecule has 2 aromatic rings. The maximum Gasteiger partial charge on any atom is 0.296 e. The summed E-state index contributed by atoms with van der Waals surface area (Å²) in [5.41, 5.74) is 0.897. The summed E-state index contributed by atoms with van der Waals surface area (Å²) in [6.07, 6.45) is 1.23. The highest BCUT2D eigenvalue weighted by molar-refractivity contribution is 6.15. The molecule has 2 aromatic carbocycles. The topological polar surface area (TPSA) is 46.6 Å². The number of benzene rings is 2. The number of ether oxygens (including phenoxy) is 1. The van der Waals surface area contributed by atoms with Gasteiger partial charge in [-0.15, -0.1) is 0 Å². The van der Waals surface area contributed by atoms with Crippen LogP contribution >= 0.6 is 0 Å². The van der Waals surface area contributed by atoms with Crippen molar-refractivity contribution < 1.29 is 14.3 Å². The van der Waals surface area contributed by atoms with Crippen molar-refractivity contribution in [1.82, 2.24) is 4.90 Å². The zero-order chi connectivity index (χ0) is 14.7. The van der Waals surface area contributed by atoms with Crippen molar-refractivity contribution in [1.29, 1.82) is 0 Å². The molecule has 1 heterocycles. The molecule has 1 aliphatic heterocycles. The van der Waals surface area contributed by atoms with Crippen LogP contribution in [0.1, 0.15) is 5.56 Å². The van der Waals surface area contributed by atoms with Gasteiger partial charge in [0.15, 0.2) is 5.76 Å². The van der Waals surface area contributed by atoms with Gasteiger partial charge in [0.05, 0.1) is 12.6 Å². The molecule has 0 spiro atoms. The van der Waals surface area contributed by atoms with Crippen LogP contribution in [0.2, 0.25) is 0 Å². The molecule has 104 valence electrons. The molecule has 0 fully saturated rings. The average Bonchev–Trinajstić information content (AvgIpc) is 2.77. The number of amides is 2. The van der Waals surface area contributed by atoms with Crippen LogP contribution in [0.25, 0.3) is 0 Å². The zero-order valence-electron chi connectivity index (χ0n) is 11.2. The van der Waals surface area contributed by atoms with Crippen molar-refractivity contribution in [2.75, 3.05) is 0 Å². The van der Waals surface area contributed by atoms with E-state index in [4.69, 9.17) is 4.74 Å². The van der Waals surface area contributed by atoms with Crippen LogP contribution in [0.15, 0.2) is 72.5 Å². The summed E-state index contributed by atoms with van der Waals surface area (Å²) in [6, 6.07) is 18.3. The molecule has 3 rings (SSSR count). The third-order valence-electron chi connectivity index (χ3n) is 3.13. The van der Waals surface area contributed by atoms with E-state index < -0.39 is 5.91 Å². The molecule has 0 saturated carbocycles. The first kappa shape index (κ1) is 13.1. The fraction of sp³-hybridized carbons (Fsp3) is 0.0588. The molecule has 4 heteroatoms. The van der Waals surface area contributed by atoms with Gasteiger partial charge in [-0.3, -0.25) is 14.5 Å². The molecule has 2 amide bonds. The second-order valence-corrected chi connectivity index (χ2v) is 4.64. The van der Waals surface area contributed by atoms with Crippen LogP contribution in [0, 0.1) is 0 Å². The van der Waals surface area contributed by atoms with Crippen molar-refractivity contribution >= 4 is 11.8 Å². The number of rotatable bonds is 4. The van der Waals surface area contributed by atoms with Gasteiger partial charge < -0.3 is 4.74 Å². The van der Waals surface area contributed by atoms with Gasteiger partial charge in [-0.2, -0.15) is 0 Å². The molecule has 0 saturated heterocycles. The second-order valence-electron chi connectivity index (χ2n) is 4.64. The first-order chi connectivity index (χ1) is 10.2. The van der Waals surface area contributed by atoms with Crippen molar-refractivity contribution in [3.8, 4) is 5.75 Å². The SMILES string of the molecule is O=C1C=C(Oc2ccccc2)C(=O)N1Cc1ccccc1. The van der Waals surface area contributed by atoms with Gasteiger partial charge in [0.1, 0.15) is 5.75 Å². The molecule has 0 radical (unpaired) electrons. The lowest BCUT2D eigenvalue weighted by atomic mass is 10.2. The van der Waals surface area contributed by atoms with Crippen LogP contribution in [0.4, 0.5) is 0 Å². The number of para-hydroxylation sites is 1. The van der Waals surface area contributed by atoms with E-state index in [0.717, 1.165) is 5.56 Å². The highest BCUT2D eigenvalue weighted by Gasteiger charge is 2.32. The Hall–Kier alpha value is -2.88. The monoisotopic (exact) mass is 279 g/mol. The molecule has 0 aromatic heterocycles. The van der Waals surface area contributed by atoms with Crippen molar-refractivity contribution in [3.63, 3.8) is 0 Å². The average molecular weight is 279 g/mol. The maximum atomic E-state index is 12.2. The quantitative estimate of drug-likeness (QED) is 0.808. The first-order valence-corrected chi connectivity index (χ1v) is 6.58. The minimum atomic E-state index is -0.410. The number of carbonyl (C=O) groups excluding carboxylic acids is 2. The van der Waals surface area contributed by atoms with E-state index in [2.05, 4.69) is 0 Å². The van der Waals surface area contributed by atoms with Crippen LogP contribution in [0.5, 0.6) is 5.75 Å². The van der Waals surface area contributed by atoms with E-state index in [9.17, 15) is 9.59 Å². The molecule has 0 atom stereocenters. The molecular weight excluding hydrogens is 266 g/mol. The van der Waals surface area contributed by atoms with Crippen molar-refractivity contribution in [3.05, 3.63) is 78.1 Å². The highest BCUT2D eigenvalue weighted by atomic mass is 16.5. The zero-order valence-corrected chi connectivity index (χ0v) is 11.2. The Bertz CT molecular complexity index is 692. The summed E-state index contributed by atoms with van der Waals surface area (Å²) in [6.45, 7) is 0.247. The number of carbonyl (C=O) groups is 2. The minimum Gasteiger partial charge on any atom is -0.451 e. The minimum absolute atomic E-state index is 0.0575. The van der Waals surface area contributed by atoms with E-state index in [0.29, 0.717) is 5.75 Å². The van der Waals surface area contributed by atoms with Gasteiger partial charge in [0.2, 0.25) is 0 Å². The van der Waals surface area contributed by atoms with E-state index in [1.165, 1.54) is 11.0 Å². The standard InChI is InChI=1S/C17H13NO3/c19-16-11-15(21-14-9-5-2-6-10-14)17(20)18(16)12-13-7-3-1-4-8-13/h1-11H,12H2. The van der Waals surface area contributed by atoms with E-state index in [1.807, 2.05) is 36.4 Å². The number of hydrogen-bond acceptors (Lipinski definition) is 3. The summed E-state index contributed by atoms with van der Waals surface area (Å²) < 4.78 is 5.47. The normalized spacial score (nSPS) is 14.3. The van der Waals surface area contributed by atoms with Crippen molar-refractivity contribution in [2.24, 2.45) is 0 Å². The van der Waals surface area contributed by atoms with E-state index >= 15 is 0 Å². The first-order valence-electron chi connectivity index (χ1n) is 6.58. The Kier molecular flexibility index (Phi) is 3.51. The summed E-state index contributed by atoms with van der Waals surface area (Å²) in [4.78, 5) is 25.3. The Morgan fingerprint density at radius 2 is 1.48 bits per heavy atom. The van der Waals surface area contributed by atoms with Crippen molar-refractivity contribution in [2.45, 2.75) is 6.54 Å². The Labute approximate surface area is 122 Å². The Morgan fingerprint density at radius 3 is 2.14 bits per heavy atom. The summed E-state index contributed by atoms with van der Waals surface area (Å²) in [5.74, 6) is -0.170. The largest absolute Gasteiger partial charge is 0.451 e. The summed E-state index contributed by atoms with van der Waals surface area (Å²) >= 11 is 0. The van der Waals surface area contributed by atoms with Gasteiger partial charge in [-0.1, -0.05) is 48.5 Å². The smallest absolute Gasteiger partial charge is 0.296 e. The lowest BCUT2D eigenvalue weighted by molar-refractivity contribution is -0.138. The van der Waals surface area contributed by atoms with Gasteiger partial charge in [-0.25, -0.2) is 0 Å². The molecule has 4 nitrogen and oxygen atoms in total. The lowest BCUT2D eigenvalue weighted by Crippen LogP contribution is -2.31. The Morgan fingerprint density at radius 1 is 0.857 bits per heavy atom. The fourth-order valence-corrected chi connectivity index (χ4v) is 2.09. The third kappa shape index (κ3) is 2.84. The molecular formula is C17H13NO3. The van der Waals surface area contributed by atoms with Gasteiger partial charge in [0.25, 0.3) is 11.8 Å². The molecule has 1 aliphatic rings. The molecule has 0 unspecified atom stereocenters. The van der Waals surface area contributed by atoms with Crippen LogP contribution in [-0.2, 0) is 16.1 Å². The van der Waals surface area contributed by atoms with Crippen LogP contribution in [0.3, 0.4) is 0 Å². The fourth-order valence-electron chi connectivity index (χ4n) is 2.09. The van der Waals surface area contributed by atoms with Crippen LogP contribution < -0.4 is 4.74 Å². The number of nitrogens with zero attached hydrogens (tertiary/aromatic N) is 1. The summed E-state index contributed by atoms with van der Waals surface area (Å²) in [7, 11) is 0. The van der Waals surface area contributed by atoms with E-state index in [-0.39, 0.29) is 18.2 Å².